The van der Waals surface area contributed by atoms with Crippen molar-refractivity contribution in [2.24, 2.45) is 0 Å². The van der Waals surface area contributed by atoms with Crippen molar-refractivity contribution in [3.63, 3.8) is 0 Å². The summed E-state index contributed by atoms with van der Waals surface area (Å²) in [5, 5.41) is 0. The molecule has 0 spiro atoms. The molecule has 0 bridgehead atoms. The van der Waals surface area contributed by atoms with Gasteiger partial charge in [0.1, 0.15) is 0 Å². The summed E-state index contributed by atoms with van der Waals surface area (Å²) in [5.74, 6) is 5.67. The van der Waals surface area contributed by atoms with Crippen molar-refractivity contribution in [1.29, 1.82) is 0 Å². The molecular formula is C27H48O4. The van der Waals surface area contributed by atoms with Crippen LogP contribution in [-0.2, 0) is 19.1 Å². The second-order valence-corrected chi connectivity index (χ2v) is 8.35. The first kappa shape index (κ1) is 29.5. The fraction of sp³-hybridized carbons (Fsp3) is 0.852. The zero-order valence-electron chi connectivity index (χ0n) is 20.5. The summed E-state index contributed by atoms with van der Waals surface area (Å²) >= 11 is 0. The number of hydrogen-bond acceptors (Lipinski definition) is 4. The number of esters is 2. The Morgan fingerprint density at radius 3 is 1.42 bits per heavy atom. The monoisotopic (exact) mass is 436 g/mol. The molecule has 4 nitrogen and oxygen atoms in total. The highest BCUT2D eigenvalue weighted by Gasteiger charge is 2.09. The molecule has 0 rings (SSSR count). The fourth-order valence-corrected chi connectivity index (χ4v) is 3.37. The van der Waals surface area contributed by atoms with Crippen LogP contribution in [0.2, 0.25) is 0 Å². The highest BCUT2D eigenvalue weighted by atomic mass is 16.5. The lowest BCUT2D eigenvalue weighted by atomic mass is 10.1. The van der Waals surface area contributed by atoms with Crippen molar-refractivity contribution < 1.29 is 19.1 Å². The smallest absolute Gasteiger partial charge is 0.306 e. The summed E-state index contributed by atoms with van der Waals surface area (Å²) in [4.78, 5) is 23.4. The minimum absolute atomic E-state index is 0.120. The van der Waals surface area contributed by atoms with Gasteiger partial charge in [0.05, 0.1) is 26.1 Å². The standard InChI is InChI=1S/C27H48O4/c1-3-5-7-9-11-13-15-17-19-21-25-31-27(29)23-22-26(28)30-24-20-18-16-14-12-10-8-6-4-2/h3-4,6,8-25H2,1-2H3. The lowest BCUT2D eigenvalue weighted by molar-refractivity contribution is -0.150. The van der Waals surface area contributed by atoms with Crippen LogP contribution in [0.25, 0.3) is 0 Å². The predicted octanol–water partition coefficient (Wildman–Crippen LogP) is 7.53. The molecule has 0 amide bonds. The summed E-state index contributed by atoms with van der Waals surface area (Å²) in [7, 11) is 0. The molecule has 0 aliphatic heterocycles. The molecule has 0 aliphatic rings. The van der Waals surface area contributed by atoms with Gasteiger partial charge in [0.2, 0.25) is 0 Å². The second-order valence-electron chi connectivity index (χ2n) is 8.35. The fourth-order valence-electron chi connectivity index (χ4n) is 3.37. The first-order valence-electron chi connectivity index (χ1n) is 13.0. The highest BCUT2D eigenvalue weighted by Crippen LogP contribution is 2.10. The van der Waals surface area contributed by atoms with Crippen molar-refractivity contribution in [2.45, 2.75) is 136 Å². The number of ether oxygens (including phenoxy) is 2. The molecule has 0 radical (unpaired) electrons. The van der Waals surface area contributed by atoms with Gasteiger partial charge in [-0.2, -0.15) is 0 Å². The van der Waals surface area contributed by atoms with E-state index in [4.69, 9.17) is 9.47 Å². The Labute approximate surface area is 192 Å². The van der Waals surface area contributed by atoms with Crippen molar-refractivity contribution in [1.82, 2.24) is 0 Å². The van der Waals surface area contributed by atoms with Crippen LogP contribution in [0.15, 0.2) is 0 Å². The maximum Gasteiger partial charge on any atom is 0.306 e. The van der Waals surface area contributed by atoms with Crippen LogP contribution in [-0.4, -0.2) is 25.2 Å². The summed E-state index contributed by atoms with van der Waals surface area (Å²) in [6, 6.07) is 0. The van der Waals surface area contributed by atoms with Gasteiger partial charge in [0, 0.05) is 12.8 Å². The molecule has 0 atom stereocenters. The lowest BCUT2D eigenvalue weighted by Gasteiger charge is -2.06. The van der Waals surface area contributed by atoms with E-state index in [-0.39, 0.29) is 24.8 Å². The van der Waals surface area contributed by atoms with Gasteiger partial charge in [-0.25, -0.2) is 0 Å². The summed E-state index contributed by atoms with van der Waals surface area (Å²) in [6.07, 6.45) is 20.1. The van der Waals surface area contributed by atoms with Crippen molar-refractivity contribution >= 4 is 11.9 Å². The summed E-state index contributed by atoms with van der Waals surface area (Å²) < 4.78 is 10.4. The van der Waals surface area contributed by atoms with Crippen LogP contribution in [0.1, 0.15) is 136 Å². The van der Waals surface area contributed by atoms with E-state index in [1.807, 2.05) is 0 Å². The third-order valence-electron chi connectivity index (χ3n) is 5.31. The molecule has 0 aromatic carbocycles. The van der Waals surface area contributed by atoms with Gasteiger partial charge in [-0.15, -0.1) is 11.8 Å². The topological polar surface area (TPSA) is 52.6 Å². The average molecular weight is 437 g/mol. The van der Waals surface area contributed by atoms with E-state index in [1.54, 1.807) is 0 Å². The van der Waals surface area contributed by atoms with Gasteiger partial charge in [-0.3, -0.25) is 9.59 Å². The molecule has 180 valence electrons. The number of unbranched alkanes of at least 4 members (excludes halogenated alkanes) is 14. The van der Waals surface area contributed by atoms with Gasteiger partial charge in [0.25, 0.3) is 0 Å². The first-order chi connectivity index (χ1) is 15.2. The van der Waals surface area contributed by atoms with Crippen molar-refractivity contribution in [2.75, 3.05) is 13.2 Å². The Hall–Kier alpha value is -1.50. The van der Waals surface area contributed by atoms with E-state index >= 15 is 0 Å². The summed E-state index contributed by atoms with van der Waals surface area (Å²) in [6.45, 7) is 5.23. The molecular weight excluding hydrogens is 388 g/mol. The van der Waals surface area contributed by atoms with Gasteiger partial charge in [0.15, 0.2) is 0 Å². The highest BCUT2D eigenvalue weighted by molar-refractivity contribution is 5.77. The second kappa shape index (κ2) is 24.8. The molecule has 0 saturated heterocycles. The molecule has 0 aromatic heterocycles. The van der Waals surface area contributed by atoms with Gasteiger partial charge in [-0.1, -0.05) is 90.9 Å². The molecule has 0 unspecified atom stereocenters. The average Bonchev–Trinajstić information content (AvgIpc) is 2.77. The molecule has 0 aromatic rings. The third-order valence-corrected chi connectivity index (χ3v) is 5.31. The first-order valence-corrected chi connectivity index (χ1v) is 13.0. The van der Waals surface area contributed by atoms with E-state index in [0.29, 0.717) is 13.2 Å². The number of hydrogen-bond donors (Lipinski definition) is 0. The van der Waals surface area contributed by atoms with Crippen LogP contribution in [0.5, 0.6) is 0 Å². The minimum atomic E-state index is -0.297. The van der Waals surface area contributed by atoms with Gasteiger partial charge in [-0.05, 0) is 19.3 Å². The SMILES string of the molecule is CCC#CCCCCCCCCOC(=O)CCC(=O)OCCCCCCCCCCC. The Morgan fingerprint density at radius 2 is 0.968 bits per heavy atom. The molecule has 31 heavy (non-hydrogen) atoms. The Balaban J connectivity index is 3.34. The van der Waals surface area contributed by atoms with Crippen LogP contribution in [0.3, 0.4) is 0 Å². The minimum Gasteiger partial charge on any atom is -0.466 e. The van der Waals surface area contributed by atoms with E-state index in [0.717, 1.165) is 38.5 Å². The van der Waals surface area contributed by atoms with Crippen LogP contribution >= 0.6 is 0 Å². The molecule has 0 heterocycles. The molecule has 0 fully saturated rings. The van der Waals surface area contributed by atoms with Crippen molar-refractivity contribution in [3.8, 4) is 11.8 Å². The Bertz CT molecular complexity index is 475. The van der Waals surface area contributed by atoms with Crippen LogP contribution in [0.4, 0.5) is 0 Å². The number of carbonyl (C=O) groups excluding carboxylic acids is 2. The zero-order chi connectivity index (χ0) is 22.8. The lowest BCUT2D eigenvalue weighted by Crippen LogP contribution is -2.11. The largest absolute Gasteiger partial charge is 0.466 e. The van der Waals surface area contributed by atoms with Crippen LogP contribution < -0.4 is 0 Å². The van der Waals surface area contributed by atoms with Gasteiger partial charge >= 0.3 is 11.9 Å². The zero-order valence-corrected chi connectivity index (χ0v) is 20.5. The maximum atomic E-state index is 11.7. The molecule has 0 N–H and O–H groups in total. The van der Waals surface area contributed by atoms with Crippen LogP contribution in [0, 0.1) is 11.8 Å². The van der Waals surface area contributed by atoms with E-state index in [1.165, 1.54) is 70.6 Å². The predicted molar refractivity (Wildman–Crippen MR) is 129 cm³/mol. The maximum absolute atomic E-state index is 11.7. The van der Waals surface area contributed by atoms with E-state index in [2.05, 4.69) is 25.7 Å². The third kappa shape index (κ3) is 24.6. The normalized spacial score (nSPS) is 10.4. The van der Waals surface area contributed by atoms with E-state index in [9.17, 15) is 9.59 Å². The number of carbonyl (C=O) groups is 2. The Kier molecular flexibility index (Phi) is 23.6. The van der Waals surface area contributed by atoms with Crippen molar-refractivity contribution in [3.05, 3.63) is 0 Å². The molecule has 0 aliphatic carbocycles. The molecule has 0 saturated carbocycles. The quantitative estimate of drug-likeness (QED) is 0.106. The Morgan fingerprint density at radius 1 is 0.548 bits per heavy atom. The van der Waals surface area contributed by atoms with Gasteiger partial charge < -0.3 is 9.47 Å². The number of rotatable bonds is 21. The van der Waals surface area contributed by atoms with E-state index < -0.39 is 0 Å². The summed E-state index contributed by atoms with van der Waals surface area (Å²) in [5.41, 5.74) is 0. The molecule has 4 heteroatoms.